The number of hydrogen-bond donors (Lipinski definition) is 4. The number of ether oxygens (including phenoxy) is 2. The number of nitrogens with one attached hydrogen (secondary N) is 3. The maximum Gasteiger partial charge on any atom is 0.324 e. The Morgan fingerprint density at radius 1 is 1.00 bits per heavy atom. The van der Waals surface area contributed by atoms with Crippen molar-refractivity contribution in [3.63, 3.8) is 0 Å². The van der Waals surface area contributed by atoms with Gasteiger partial charge in [0.2, 0.25) is 0 Å². The summed E-state index contributed by atoms with van der Waals surface area (Å²) in [5.41, 5.74) is 2.97. The summed E-state index contributed by atoms with van der Waals surface area (Å²) in [5, 5.41) is 22.6. The quantitative estimate of drug-likeness (QED) is 0.131. The predicted molar refractivity (Wildman–Crippen MR) is 183 cm³/mol. The van der Waals surface area contributed by atoms with E-state index in [-0.39, 0.29) is 24.5 Å². The molecule has 0 radical (unpaired) electrons. The summed E-state index contributed by atoms with van der Waals surface area (Å²) in [6.45, 7) is 6.15. The molecule has 6 rings (SSSR count). The number of carbonyl (C=O) groups excluding carboxylic acids is 2. The van der Waals surface area contributed by atoms with Gasteiger partial charge in [-0.3, -0.25) is 14.5 Å². The topological polar surface area (TPSA) is 144 Å². The van der Waals surface area contributed by atoms with Crippen LogP contribution in [0, 0.1) is 0 Å². The van der Waals surface area contributed by atoms with E-state index in [9.17, 15) is 9.59 Å². The lowest BCUT2D eigenvalue weighted by molar-refractivity contribution is 0.0939. The molecule has 0 aliphatic rings. The lowest BCUT2D eigenvalue weighted by atomic mass is 9.92. The van der Waals surface area contributed by atoms with Crippen molar-refractivity contribution in [3.05, 3.63) is 89.3 Å². The molecule has 242 valence electrons. The second-order valence-electron chi connectivity index (χ2n) is 11.6. The van der Waals surface area contributed by atoms with Gasteiger partial charge in [0, 0.05) is 29.8 Å². The number of hydrogen-bond acceptors (Lipinski definition) is 8. The van der Waals surface area contributed by atoms with Crippen molar-refractivity contribution >= 4 is 61.6 Å². The zero-order valence-corrected chi connectivity index (χ0v) is 27.6. The molecule has 14 heteroatoms. The molecule has 0 fully saturated rings. The monoisotopic (exact) mass is 673 g/mol. The van der Waals surface area contributed by atoms with E-state index in [0.29, 0.717) is 50.1 Å². The molecule has 12 nitrogen and oxygen atoms in total. The maximum absolute atomic E-state index is 13.1. The van der Waals surface area contributed by atoms with Crippen LogP contribution in [0.5, 0.6) is 17.2 Å². The number of amides is 3. The number of aliphatic hydroxyl groups excluding tert-OH is 1. The minimum absolute atomic E-state index is 0.144. The van der Waals surface area contributed by atoms with E-state index < -0.39 is 6.03 Å². The first kappa shape index (κ1) is 31.9. The molecule has 3 amide bonds. The minimum Gasteiger partial charge on any atom is -0.495 e. The summed E-state index contributed by atoms with van der Waals surface area (Å²) in [6.07, 6.45) is 1.52. The number of fused-ring (bicyclic) bond motifs is 3. The fourth-order valence-electron chi connectivity index (χ4n) is 4.82. The number of aromatic nitrogens is 4. The molecule has 47 heavy (non-hydrogen) atoms. The molecule has 3 heterocycles. The van der Waals surface area contributed by atoms with Crippen molar-refractivity contribution < 1.29 is 24.2 Å². The number of aliphatic hydroxyl groups is 1. The molecule has 0 aliphatic carbocycles. The van der Waals surface area contributed by atoms with E-state index >= 15 is 0 Å². The molecule has 3 aromatic heterocycles. The number of halogens is 1. The van der Waals surface area contributed by atoms with Crippen molar-refractivity contribution in [2.75, 3.05) is 30.9 Å². The van der Waals surface area contributed by atoms with Crippen LogP contribution >= 0.6 is 22.9 Å². The average Bonchev–Trinajstić information content (AvgIpc) is 3.74. The summed E-state index contributed by atoms with van der Waals surface area (Å²) >= 11 is 7.81. The van der Waals surface area contributed by atoms with Crippen LogP contribution in [0.15, 0.2) is 72.9 Å². The van der Waals surface area contributed by atoms with E-state index in [1.54, 1.807) is 52.6 Å². The smallest absolute Gasteiger partial charge is 0.324 e. The number of methoxy groups -OCH3 is 1. The normalized spacial score (nSPS) is 11.5. The Labute approximate surface area is 278 Å². The van der Waals surface area contributed by atoms with Crippen molar-refractivity contribution in [1.82, 2.24) is 24.5 Å². The second-order valence-corrected chi connectivity index (χ2v) is 13.0. The number of imidazole rings is 1. The highest BCUT2D eigenvalue weighted by atomic mass is 35.5. The summed E-state index contributed by atoms with van der Waals surface area (Å²) in [4.78, 5) is 30.6. The molecule has 0 saturated carbocycles. The lowest BCUT2D eigenvalue weighted by Crippen LogP contribution is -2.27. The van der Waals surface area contributed by atoms with Crippen LogP contribution in [0.3, 0.4) is 0 Å². The number of anilines is 2. The zero-order chi connectivity index (χ0) is 33.3. The van der Waals surface area contributed by atoms with E-state index in [2.05, 4.69) is 20.9 Å². The van der Waals surface area contributed by atoms with Gasteiger partial charge in [-0.1, -0.05) is 43.7 Å². The average molecular weight is 674 g/mol. The molecule has 0 spiro atoms. The maximum atomic E-state index is 13.1. The van der Waals surface area contributed by atoms with Gasteiger partial charge in [0.25, 0.3) is 5.91 Å². The van der Waals surface area contributed by atoms with E-state index in [0.717, 1.165) is 15.9 Å². The van der Waals surface area contributed by atoms with E-state index in [4.69, 9.17) is 31.3 Å². The van der Waals surface area contributed by atoms with Crippen molar-refractivity contribution in [1.29, 1.82) is 0 Å². The Hall–Kier alpha value is -5.11. The van der Waals surface area contributed by atoms with Gasteiger partial charge < -0.3 is 25.2 Å². The van der Waals surface area contributed by atoms with E-state index in [1.165, 1.54) is 17.5 Å². The number of thiazole rings is 1. The number of carbonyl (C=O) groups is 2. The Morgan fingerprint density at radius 3 is 2.47 bits per heavy atom. The highest BCUT2D eigenvalue weighted by Crippen LogP contribution is 2.33. The molecule has 3 aromatic carbocycles. The van der Waals surface area contributed by atoms with E-state index in [1.807, 2.05) is 51.1 Å². The third-order valence-electron chi connectivity index (χ3n) is 7.18. The fourth-order valence-corrected chi connectivity index (χ4v) is 6.11. The van der Waals surface area contributed by atoms with Gasteiger partial charge in [-0.05, 0) is 54.6 Å². The largest absolute Gasteiger partial charge is 0.495 e. The van der Waals surface area contributed by atoms with Crippen LogP contribution in [0.4, 0.5) is 16.3 Å². The van der Waals surface area contributed by atoms with Crippen LogP contribution in [0.25, 0.3) is 20.9 Å². The van der Waals surface area contributed by atoms with Gasteiger partial charge in [0.1, 0.15) is 28.8 Å². The summed E-state index contributed by atoms with van der Waals surface area (Å²) in [5.74, 6) is 1.88. The SMILES string of the molecule is COc1ccc(-n2nc(C(C)(C)C)cc2NC(=O)Nc2ccc(Oc3ccc4c(c3)sc3ncc(C(=O)NCCO)n34)cc2)cc1Cl. The molecule has 0 unspecified atom stereocenters. The molecule has 0 bridgehead atoms. The van der Waals surface area contributed by atoms with Crippen LogP contribution < -0.4 is 25.4 Å². The predicted octanol–water partition coefficient (Wildman–Crippen LogP) is 6.85. The second kappa shape index (κ2) is 12.9. The first-order valence-corrected chi connectivity index (χ1v) is 15.8. The third-order valence-corrected chi connectivity index (χ3v) is 8.49. The van der Waals surface area contributed by atoms with Gasteiger partial charge in [0.15, 0.2) is 4.96 Å². The summed E-state index contributed by atoms with van der Waals surface area (Å²) in [6, 6.07) is 19.2. The molecular weight excluding hydrogens is 642 g/mol. The number of urea groups is 1. The Bertz CT molecular complexity index is 2100. The molecule has 0 saturated heterocycles. The molecule has 6 aromatic rings. The highest BCUT2D eigenvalue weighted by molar-refractivity contribution is 7.23. The Balaban J connectivity index is 1.15. The van der Waals surface area contributed by atoms with Gasteiger partial charge in [0.05, 0.1) is 46.5 Å². The fraction of sp³-hybridized carbons (Fsp3) is 0.212. The molecular formula is C33H32ClN7O5S. The lowest BCUT2D eigenvalue weighted by Gasteiger charge is -2.14. The number of rotatable bonds is 9. The zero-order valence-electron chi connectivity index (χ0n) is 26.0. The highest BCUT2D eigenvalue weighted by Gasteiger charge is 2.22. The minimum atomic E-state index is -0.447. The van der Waals surface area contributed by atoms with Crippen LogP contribution in [0.2, 0.25) is 5.02 Å². The van der Waals surface area contributed by atoms with Crippen LogP contribution in [-0.2, 0) is 5.41 Å². The van der Waals surface area contributed by atoms with Gasteiger partial charge in [-0.25, -0.2) is 14.5 Å². The first-order chi connectivity index (χ1) is 22.5. The molecule has 4 N–H and O–H groups in total. The van der Waals surface area contributed by atoms with Gasteiger partial charge in [-0.2, -0.15) is 5.10 Å². The number of nitrogens with zero attached hydrogens (tertiary/aromatic N) is 4. The van der Waals surface area contributed by atoms with Crippen molar-refractivity contribution in [3.8, 4) is 22.9 Å². The standard InChI is InChI=1S/C33H32ClN7O5S/c1-33(2,3)28-17-29(41(39-28)20-7-12-26(45-4)23(34)15-20)38-31(44)37-19-5-8-21(9-6-19)46-22-10-11-24-27(16-22)47-32-36-18-25(40(24)32)30(43)35-13-14-42/h5-12,15-18,42H,13-14H2,1-4H3,(H,35,43)(H2,37,38,44). The summed E-state index contributed by atoms with van der Waals surface area (Å²) < 4.78 is 15.7. The van der Waals surface area contributed by atoms with Crippen LogP contribution in [0.1, 0.15) is 37.0 Å². The van der Waals surface area contributed by atoms with Crippen molar-refractivity contribution in [2.45, 2.75) is 26.2 Å². The number of benzene rings is 3. The Morgan fingerprint density at radius 2 is 1.77 bits per heavy atom. The molecule has 0 aliphatic heterocycles. The van der Waals surface area contributed by atoms with Gasteiger partial charge in [-0.15, -0.1) is 0 Å². The third kappa shape index (κ3) is 6.73. The van der Waals surface area contributed by atoms with Gasteiger partial charge >= 0.3 is 6.03 Å². The summed E-state index contributed by atoms with van der Waals surface area (Å²) in [7, 11) is 1.55. The molecule has 0 atom stereocenters. The Kier molecular flexibility index (Phi) is 8.78. The van der Waals surface area contributed by atoms with Crippen LogP contribution in [-0.4, -0.2) is 56.5 Å². The van der Waals surface area contributed by atoms with Crippen molar-refractivity contribution in [2.24, 2.45) is 0 Å². The first-order valence-electron chi connectivity index (χ1n) is 14.6.